The summed E-state index contributed by atoms with van der Waals surface area (Å²) in [5.41, 5.74) is 1.32. The molecule has 108 valence electrons. The van der Waals surface area contributed by atoms with Crippen molar-refractivity contribution >= 4 is 0 Å². The molecule has 0 spiro atoms. The third-order valence-electron chi connectivity index (χ3n) is 3.55. The highest BCUT2D eigenvalue weighted by Gasteiger charge is 2.06. The normalized spacial score (nSPS) is 10.9. The molecule has 1 nitrogen and oxygen atoms in total. The first-order valence-corrected chi connectivity index (χ1v) is 7.97. The van der Waals surface area contributed by atoms with Gasteiger partial charge in [-0.1, -0.05) is 77.5 Å². The van der Waals surface area contributed by atoms with Crippen LogP contribution in [-0.2, 0) is 0 Å². The Hall–Kier alpha value is -0.980. The molecule has 0 heterocycles. The summed E-state index contributed by atoms with van der Waals surface area (Å²) in [5, 5.41) is 0. The van der Waals surface area contributed by atoms with Crippen LogP contribution in [0.2, 0.25) is 0 Å². The first-order valence-electron chi connectivity index (χ1n) is 7.97. The molecule has 0 radical (unpaired) electrons. The van der Waals surface area contributed by atoms with E-state index in [0.29, 0.717) is 5.92 Å². The van der Waals surface area contributed by atoms with Crippen molar-refractivity contribution in [2.24, 2.45) is 0 Å². The molecule has 0 aliphatic heterocycles. The summed E-state index contributed by atoms with van der Waals surface area (Å²) in [6, 6.07) is 8.42. The first kappa shape index (κ1) is 16.1. The van der Waals surface area contributed by atoms with Gasteiger partial charge in [-0.05, 0) is 24.0 Å². The Kier molecular flexibility index (Phi) is 8.36. The minimum Gasteiger partial charge on any atom is -0.493 e. The first-order chi connectivity index (χ1) is 9.25. The monoisotopic (exact) mass is 262 g/mol. The second-order valence-electron chi connectivity index (χ2n) is 5.66. The molecule has 0 amide bonds. The lowest BCUT2D eigenvalue weighted by atomic mass is 10.0. The summed E-state index contributed by atoms with van der Waals surface area (Å²) in [6.07, 6.45) is 9.33. The summed E-state index contributed by atoms with van der Waals surface area (Å²) < 4.78 is 5.93. The average molecular weight is 262 g/mol. The smallest absolute Gasteiger partial charge is 0.122 e. The minimum absolute atomic E-state index is 0.533. The molecule has 0 aromatic heterocycles. The van der Waals surface area contributed by atoms with E-state index in [0.717, 1.165) is 12.4 Å². The quantitative estimate of drug-likeness (QED) is 0.474. The van der Waals surface area contributed by atoms with Gasteiger partial charge in [0.1, 0.15) is 5.75 Å². The van der Waals surface area contributed by atoms with Gasteiger partial charge in [-0.2, -0.15) is 0 Å². The Morgan fingerprint density at radius 3 is 2.21 bits per heavy atom. The Bertz CT molecular complexity index is 330. The van der Waals surface area contributed by atoms with Crippen molar-refractivity contribution in [1.82, 2.24) is 0 Å². The van der Waals surface area contributed by atoms with Crippen molar-refractivity contribution < 1.29 is 4.74 Å². The number of benzene rings is 1. The van der Waals surface area contributed by atoms with Crippen molar-refractivity contribution in [3.63, 3.8) is 0 Å². The van der Waals surface area contributed by atoms with Crippen LogP contribution in [0.5, 0.6) is 5.75 Å². The van der Waals surface area contributed by atoms with Crippen molar-refractivity contribution in [2.45, 2.75) is 71.6 Å². The molecular weight excluding hydrogens is 232 g/mol. The molecule has 0 atom stereocenters. The number of hydrogen-bond acceptors (Lipinski definition) is 1. The predicted molar refractivity (Wildman–Crippen MR) is 84.0 cm³/mol. The Morgan fingerprint density at radius 2 is 1.53 bits per heavy atom. The molecule has 1 rings (SSSR count). The van der Waals surface area contributed by atoms with Crippen LogP contribution >= 0.6 is 0 Å². The van der Waals surface area contributed by atoms with E-state index in [9.17, 15) is 0 Å². The van der Waals surface area contributed by atoms with Gasteiger partial charge in [0.15, 0.2) is 0 Å². The molecule has 0 saturated heterocycles. The lowest BCUT2D eigenvalue weighted by molar-refractivity contribution is 0.300. The molecule has 0 fully saturated rings. The molecule has 19 heavy (non-hydrogen) atoms. The molecule has 0 unspecified atom stereocenters. The fraction of sp³-hybridized carbons (Fsp3) is 0.667. The van der Waals surface area contributed by atoms with Gasteiger partial charge in [-0.25, -0.2) is 0 Å². The molecule has 0 saturated carbocycles. The van der Waals surface area contributed by atoms with Gasteiger partial charge in [0.2, 0.25) is 0 Å². The van der Waals surface area contributed by atoms with Crippen molar-refractivity contribution in [2.75, 3.05) is 6.61 Å². The van der Waals surface area contributed by atoms with Crippen molar-refractivity contribution in [3.05, 3.63) is 29.8 Å². The maximum absolute atomic E-state index is 5.93. The van der Waals surface area contributed by atoms with E-state index in [1.54, 1.807) is 0 Å². The van der Waals surface area contributed by atoms with Crippen LogP contribution in [0.4, 0.5) is 0 Å². The minimum atomic E-state index is 0.533. The molecule has 0 aliphatic carbocycles. The maximum atomic E-state index is 5.93. The van der Waals surface area contributed by atoms with Gasteiger partial charge in [0.25, 0.3) is 0 Å². The third-order valence-corrected chi connectivity index (χ3v) is 3.55. The topological polar surface area (TPSA) is 9.23 Å². The highest BCUT2D eigenvalue weighted by Crippen LogP contribution is 2.26. The number of unbranched alkanes of at least 4 members (excludes halogenated alkanes) is 6. The van der Waals surface area contributed by atoms with Crippen LogP contribution in [0.15, 0.2) is 24.3 Å². The van der Waals surface area contributed by atoms with E-state index in [2.05, 4.69) is 45.0 Å². The zero-order valence-corrected chi connectivity index (χ0v) is 13.0. The van der Waals surface area contributed by atoms with Crippen LogP contribution in [0.25, 0.3) is 0 Å². The number of ether oxygens (including phenoxy) is 1. The summed E-state index contributed by atoms with van der Waals surface area (Å²) >= 11 is 0. The van der Waals surface area contributed by atoms with Gasteiger partial charge in [0, 0.05) is 0 Å². The Labute approximate surface area is 119 Å². The standard InChI is InChI=1S/C18H30O/c1-4-5-6-7-8-9-12-15-19-18-14-11-10-13-17(18)16(2)3/h10-11,13-14,16H,4-9,12,15H2,1-3H3. The number of hydrogen-bond donors (Lipinski definition) is 0. The van der Waals surface area contributed by atoms with E-state index in [4.69, 9.17) is 4.74 Å². The number of rotatable bonds is 10. The second-order valence-corrected chi connectivity index (χ2v) is 5.66. The van der Waals surface area contributed by atoms with Crippen LogP contribution in [0.3, 0.4) is 0 Å². The van der Waals surface area contributed by atoms with Gasteiger partial charge in [-0.15, -0.1) is 0 Å². The second kappa shape index (κ2) is 9.89. The largest absolute Gasteiger partial charge is 0.493 e. The van der Waals surface area contributed by atoms with Crippen LogP contribution < -0.4 is 4.74 Å². The number of para-hydroxylation sites is 1. The molecule has 1 heteroatoms. The van der Waals surface area contributed by atoms with E-state index < -0.39 is 0 Å². The molecule has 1 aromatic rings. The lowest BCUT2D eigenvalue weighted by Crippen LogP contribution is -2.01. The summed E-state index contributed by atoms with van der Waals surface area (Å²) in [5.74, 6) is 1.61. The van der Waals surface area contributed by atoms with Gasteiger partial charge in [0.05, 0.1) is 6.61 Å². The maximum Gasteiger partial charge on any atom is 0.122 e. The van der Waals surface area contributed by atoms with Crippen LogP contribution in [0, 0.1) is 0 Å². The van der Waals surface area contributed by atoms with Crippen molar-refractivity contribution in [3.8, 4) is 5.75 Å². The zero-order valence-electron chi connectivity index (χ0n) is 13.0. The fourth-order valence-electron chi connectivity index (χ4n) is 2.33. The summed E-state index contributed by atoms with van der Waals surface area (Å²) in [6.45, 7) is 7.56. The Balaban J connectivity index is 2.16. The predicted octanol–water partition coefficient (Wildman–Crippen LogP) is 5.94. The van der Waals surface area contributed by atoms with Gasteiger partial charge >= 0.3 is 0 Å². The average Bonchev–Trinajstić information content (AvgIpc) is 2.42. The summed E-state index contributed by atoms with van der Waals surface area (Å²) in [7, 11) is 0. The molecule has 0 aliphatic rings. The molecule has 0 bridgehead atoms. The highest BCUT2D eigenvalue weighted by atomic mass is 16.5. The van der Waals surface area contributed by atoms with Crippen LogP contribution in [0.1, 0.15) is 77.2 Å². The van der Waals surface area contributed by atoms with E-state index in [1.165, 1.54) is 50.5 Å². The lowest BCUT2D eigenvalue weighted by Gasteiger charge is -2.13. The van der Waals surface area contributed by atoms with Crippen molar-refractivity contribution in [1.29, 1.82) is 0 Å². The summed E-state index contributed by atoms with van der Waals surface area (Å²) in [4.78, 5) is 0. The van der Waals surface area contributed by atoms with E-state index in [1.807, 2.05) is 0 Å². The van der Waals surface area contributed by atoms with Crippen LogP contribution in [-0.4, -0.2) is 6.61 Å². The molecule has 1 aromatic carbocycles. The SMILES string of the molecule is CCCCCCCCCOc1ccccc1C(C)C. The highest BCUT2D eigenvalue weighted by molar-refractivity contribution is 5.35. The van der Waals surface area contributed by atoms with E-state index >= 15 is 0 Å². The Morgan fingerprint density at radius 1 is 0.895 bits per heavy atom. The third kappa shape index (κ3) is 6.66. The van der Waals surface area contributed by atoms with E-state index in [-0.39, 0.29) is 0 Å². The molecular formula is C18H30O. The van der Waals surface area contributed by atoms with Gasteiger partial charge in [-0.3, -0.25) is 0 Å². The fourth-order valence-corrected chi connectivity index (χ4v) is 2.33. The zero-order chi connectivity index (χ0) is 13.9. The van der Waals surface area contributed by atoms with Gasteiger partial charge < -0.3 is 4.74 Å². The molecule has 0 N–H and O–H groups in total.